The maximum Gasteiger partial charge on any atom is -1.00 e. The molecule has 0 saturated heterocycles. The van der Waals surface area contributed by atoms with Gasteiger partial charge in [0.1, 0.15) is 0 Å². The van der Waals surface area contributed by atoms with Crippen molar-refractivity contribution in [1.82, 2.24) is 0 Å². The number of halogens is 2. The van der Waals surface area contributed by atoms with Gasteiger partial charge in [0.05, 0.1) is 0 Å². The maximum absolute atomic E-state index is 3.46. The molecule has 0 radical (unpaired) electrons. The van der Waals surface area contributed by atoms with Gasteiger partial charge in [-0.05, 0) is 66.6 Å². The molecule has 288 valence electrons. The maximum atomic E-state index is 3.46. The van der Waals surface area contributed by atoms with Crippen LogP contribution in [0.25, 0.3) is 21.5 Å². The molecule has 10 rings (SSSR count). The first-order valence-electron chi connectivity index (χ1n) is 20.3. The summed E-state index contributed by atoms with van der Waals surface area (Å²) in [5, 5.41) is 5.49. The fourth-order valence-corrected chi connectivity index (χ4v) is 10.6. The second-order valence-electron chi connectivity index (χ2n) is 19.1. The summed E-state index contributed by atoms with van der Waals surface area (Å²) in [6.45, 7) is 20.2. The van der Waals surface area contributed by atoms with Crippen LogP contribution in [-0.4, -0.2) is 3.21 Å². The van der Waals surface area contributed by atoms with Gasteiger partial charge in [-0.3, -0.25) is 6.08 Å². The molecule has 4 bridgehead atoms. The molecular formula is C52H60Cl2Zr-2. The largest absolute Gasteiger partial charge is 1.00 e. The number of hydrogen-bond donors (Lipinski definition) is 0. The Hall–Kier alpha value is -2.44. The van der Waals surface area contributed by atoms with E-state index in [0.717, 1.165) is 29.6 Å². The SMILES string of the molecule is CC(C)(C)c1ccc2[cH-]c3ccc(C(C)(C)C)cc3c2c1.CC1[C-]=CC(C2C3CC4CC(C3)CC2C4)=C1.Cc1ccc([C](=[Zr+2])c2ccc(C)cc2)cc1.[Cl-].[Cl-]. The third-order valence-electron chi connectivity index (χ3n) is 12.7. The standard InChI is InChI=1S/C21H25.C16H21.C15H14.2ClH.Zr/c1-20(2,3)16-9-7-14-11-15-8-10-17(21(4,5)6)13-19(15)18(14)12-16;1-10-2-3-13(4-10)16-14-6-11-5-12(8-14)9-15(16)7-11;1-12-3-7-14(8-4-12)11-15-9-5-13(2)6-10-15;;;/h7-13H,1-6H3;3-4,10-12,14-16H,5-9H2,1H3;3-10H,1-2H3;2*1H;/q2*-1;;;;+2/p-2. The van der Waals surface area contributed by atoms with Crippen molar-refractivity contribution in [2.45, 2.75) is 105 Å². The summed E-state index contributed by atoms with van der Waals surface area (Å²) in [4.78, 5) is 0. The van der Waals surface area contributed by atoms with Crippen LogP contribution in [0.5, 0.6) is 0 Å². The molecule has 0 aromatic heterocycles. The van der Waals surface area contributed by atoms with Crippen LogP contribution >= 0.6 is 0 Å². The van der Waals surface area contributed by atoms with Crippen LogP contribution < -0.4 is 24.8 Å². The molecule has 0 aliphatic heterocycles. The molecule has 0 amide bonds. The zero-order chi connectivity index (χ0) is 37.7. The van der Waals surface area contributed by atoms with E-state index in [1.54, 1.807) is 12.0 Å². The molecule has 3 heteroatoms. The summed E-state index contributed by atoms with van der Waals surface area (Å²) < 4.78 is 1.42. The summed E-state index contributed by atoms with van der Waals surface area (Å²) in [5.74, 6) is 5.77. The topological polar surface area (TPSA) is 0 Å². The first-order chi connectivity index (χ1) is 25.1. The van der Waals surface area contributed by atoms with E-state index < -0.39 is 0 Å². The monoisotopic (exact) mass is 844 g/mol. The zero-order valence-corrected chi connectivity index (χ0v) is 38.5. The molecule has 0 spiro atoms. The van der Waals surface area contributed by atoms with Crippen LogP contribution in [0.3, 0.4) is 0 Å². The van der Waals surface area contributed by atoms with Crippen LogP contribution in [0, 0.1) is 55.4 Å². The van der Waals surface area contributed by atoms with Gasteiger partial charge in [0, 0.05) is 0 Å². The van der Waals surface area contributed by atoms with Gasteiger partial charge >= 0.3 is 112 Å². The summed E-state index contributed by atoms with van der Waals surface area (Å²) in [7, 11) is 0. The van der Waals surface area contributed by atoms with Gasteiger partial charge in [-0.1, -0.05) is 95.7 Å². The minimum absolute atomic E-state index is 0. The summed E-state index contributed by atoms with van der Waals surface area (Å²) in [5.41, 5.74) is 10.2. The molecule has 1 unspecified atom stereocenters. The van der Waals surface area contributed by atoms with Crippen molar-refractivity contribution >= 4 is 24.8 Å². The Morgan fingerprint density at radius 1 is 0.618 bits per heavy atom. The minimum Gasteiger partial charge on any atom is -1.00 e. The van der Waals surface area contributed by atoms with Crippen molar-refractivity contribution in [1.29, 1.82) is 0 Å². The smallest absolute Gasteiger partial charge is 1.00 e. The molecule has 1 atom stereocenters. The second kappa shape index (κ2) is 17.6. The van der Waals surface area contributed by atoms with Crippen molar-refractivity contribution in [3.05, 3.63) is 148 Å². The van der Waals surface area contributed by atoms with E-state index in [9.17, 15) is 0 Å². The Morgan fingerprint density at radius 3 is 1.40 bits per heavy atom. The van der Waals surface area contributed by atoms with Gasteiger partial charge in [-0.15, -0.1) is 39.7 Å². The van der Waals surface area contributed by atoms with Crippen LogP contribution in [0.2, 0.25) is 0 Å². The third kappa shape index (κ3) is 10.00. The van der Waals surface area contributed by atoms with Crippen molar-refractivity contribution < 1.29 is 49.0 Å². The van der Waals surface area contributed by atoms with E-state index in [1.807, 2.05) is 0 Å². The van der Waals surface area contributed by atoms with Crippen LogP contribution in [0.4, 0.5) is 0 Å². The van der Waals surface area contributed by atoms with Crippen LogP contribution in [0.15, 0.2) is 109 Å². The Bertz CT molecular complexity index is 2000. The molecule has 0 N–H and O–H groups in total. The number of hydrogen-bond acceptors (Lipinski definition) is 0. The van der Waals surface area contributed by atoms with Gasteiger partial charge < -0.3 is 24.8 Å². The first-order valence-corrected chi connectivity index (χ1v) is 21.5. The predicted octanol–water partition coefficient (Wildman–Crippen LogP) is 7.73. The molecule has 55 heavy (non-hydrogen) atoms. The third-order valence-corrected chi connectivity index (χ3v) is 14.1. The molecular weight excluding hydrogens is 787 g/mol. The number of rotatable bonds is 3. The van der Waals surface area contributed by atoms with Gasteiger partial charge in [0.2, 0.25) is 0 Å². The number of benzene rings is 4. The number of aryl methyl sites for hydroxylation is 2. The average Bonchev–Trinajstić information content (AvgIpc) is 3.70. The molecule has 5 aromatic rings. The van der Waals surface area contributed by atoms with Gasteiger partial charge in [-0.2, -0.15) is 11.6 Å². The van der Waals surface area contributed by atoms with E-state index in [-0.39, 0.29) is 35.6 Å². The quantitative estimate of drug-likeness (QED) is 0.163. The molecule has 5 aromatic carbocycles. The predicted molar refractivity (Wildman–Crippen MR) is 226 cm³/mol. The zero-order valence-electron chi connectivity index (χ0n) is 34.6. The molecule has 0 heterocycles. The Labute approximate surface area is 360 Å². The Balaban J connectivity index is 0.000000157. The minimum atomic E-state index is 0. The van der Waals surface area contributed by atoms with E-state index in [1.165, 1.54) is 108 Å². The van der Waals surface area contributed by atoms with Gasteiger partial charge in [0.15, 0.2) is 0 Å². The van der Waals surface area contributed by atoms with E-state index in [2.05, 4.69) is 172 Å². The molecule has 5 aliphatic rings. The number of fused-ring (bicyclic) bond motifs is 3. The van der Waals surface area contributed by atoms with Crippen LogP contribution in [-0.2, 0) is 35.1 Å². The fourth-order valence-electron chi connectivity index (χ4n) is 9.83. The average molecular weight is 847 g/mol. The summed E-state index contributed by atoms with van der Waals surface area (Å²) >= 11 is 1.46. The second-order valence-corrected chi connectivity index (χ2v) is 20.3. The molecule has 5 aliphatic carbocycles. The van der Waals surface area contributed by atoms with Crippen molar-refractivity contribution in [2.24, 2.45) is 35.5 Å². The van der Waals surface area contributed by atoms with Crippen molar-refractivity contribution in [2.75, 3.05) is 0 Å². The van der Waals surface area contributed by atoms with Crippen LogP contribution in [0.1, 0.15) is 114 Å². The number of allylic oxidation sites excluding steroid dienone is 4. The molecule has 0 nitrogen and oxygen atoms in total. The van der Waals surface area contributed by atoms with E-state index in [4.69, 9.17) is 0 Å². The van der Waals surface area contributed by atoms with Gasteiger partial charge in [0.25, 0.3) is 0 Å². The Kier molecular flexibility index (Phi) is 14.0. The first kappa shape index (κ1) is 43.7. The van der Waals surface area contributed by atoms with Gasteiger partial charge in [-0.25, -0.2) is 6.08 Å². The fraction of sp³-hybridized carbons (Fsp3) is 0.423. The normalized spacial score (nSPS) is 23.6. The van der Waals surface area contributed by atoms with E-state index in [0.29, 0.717) is 5.92 Å². The summed E-state index contributed by atoms with van der Waals surface area (Å²) in [6.07, 6.45) is 16.0. The summed E-state index contributed by atoms with van der Waals surface area (Å²) in [6, 6.07) is 33.7. The molecule has 4 saturated carbocycles. The Morgan fingerprint density at radius 2 is 1.04 bits per heavy atom. The van der Waals surface area contributed by atoms with E-state index >= 15 is 0 Å². The molecule has 4 fully saturated rings. The van der Waals surface area contributed by atoms with Crippen molar-refractivity contribution in [3.8, 4) is 0 Å². The van der Waals surface area contributed by atoms with Crippen molar-refractivity contribution in [3.63, 3.8) is 0 Å².